The maximum atomic E-state index is 12.1. The highest BCUT2D eigenvalue weighted by Gasteiger charge is 2.30. The van der Waals surface area contributed by atoms with Crippen LogP contribution >= 0.6 is 0 Å². The van der Waals surface area contributed by atoms with Gasteiger partial charge in [-0.05, 0) is 12.8 Å². The first-order valence-corrected chi connectivity index (χ1v) is 8.30. The molecule has 1 saturated carbocycles. The number of nitrogens with one attached hydrogen (secondary N) is 2. The van der Waals surface area contributed by atoms with Crippen molar-refractivity contribution in [1.29, 1.82) is 0 Å². The van der Waals surface area contributed by atoms with Crippen LogP contribution in [0.15, 0.2) is 28.2 Å². The molecule has 0 saturated heterocycles. The van der Waals surface area contributed by atoms with Crippen molar-refractivity contribution in [3.8, 4) is 0 Å². The lowest BCUT2D eigenvalue weighted by Crippen LogP contribution is -2.43. The summed E-state index contributed by atoms with van der Waals surface area (Å²) in [5.41, 5.74) is -1.57. The number of aromatic amines is 1. The van der Waals surface area contributed by atoms with Crippen molar-refractivity contribution in [3.63, 3.8) is 0 Å². The van der Waals surface area contributed by atoms with E-state index in [9.17, 15) is 18.3 Å². The van der Waals surface area contributed by atoms with Crippen LogP contribution in [-0.2, 0) is 10.0 Å². The fourth-order valence-electron chi connectivity index (χ4n) is 2.48. The maximum absolute atomic E-state index is 12.1. The molecule has 0 aliphatic heterocycles. The minimum atomic E-state index is -3.89. The van der Waals surface area contributed by atoms with Gasteiger partial charge in [-0.3, -0.25) is 4.79 Å². The third kappa shape index (κ3) is 3.68. The Labute approximate surface area is 118 Å². The highest BCUT2D eigenvalue weighted by molar-refractivity contribution is 7.89. The Morgan fingerprint density at radius 2 is 1.90 bits per heavy atom. The molecule has 1 aromatic heterocycles. The van der Waals surface area contributed by atoms with E-state index in [0.29, 0.717) is 12.8 Å². The first-order chi connectivity index (χ1) is 9.43. The lowest BCUT2D eigenvalue weighted by atomic mass is 9.95. The number of aromatic nitrogens is 1. The normalized spacial score (nSPS) is 19.4. The van der Waals surface area contributed by atoms with Crippen molar-refractivity contribution < 1.29 is 13.5 Å². The zero-order valence-electron chi connectivity index (χ0n) is 11.3. The minimum Gasteiger partial charge on any atom is -0.389 e. The summed E-state index contributed by atoms with van der Waals surface area (Å²) < 4.78 is 26.5. The molecule has 0 unspecified atom stereocenters. The summed E-state index contributed by atoms with van der Waals surface area (Å²) >= 11 is 0. The molecule has 3 N–H and O–H groups in total. The van der Waals surface area contributed by atoms with Gasteiger partial charge in [-0.15, -0.1) is 0 Å². The fourth-order valence-corrected chi connectivity index (χ4v) is 3.65. The molecule has 0 radical (unpaired) electrons. The van der Waals surface area contributed by atoms with Gasteiger partial charge in [0.1, 0.15) is 4.90 Å². The van der Waals surface area contributed by atoms with Crippen molar-refractivity contribution in [2.45, 2.75) is 49.0 Å². The van der Waals surface area contributed by atoms with Crippen LogP contribution in [0.1, 0.15) is 38.5 Å². The van der Waals surface area contributed by atoms with Gasteiger partial charge in [0, 0.05) is 25.0 Å². The Kier molecular flexibility index (Phi) is 4.62. The largest absolute Gasteiger partial charge is 0.389 e. The molecule has 6 nitrogen and oxygen atoms in total. The van der Waals surface area contributed by atoms with Crippen molar-refractivity contribution in [2.24, 2.45) is 0 Å². The topological polar surface area (TPSA) is 99.3 Å². The Bertz CT molecular complexity index is 601. The summed E-state index contributed by atoms with van der Waals surface area (Å²) in [6.07, 6.45) is 7.61. The average molecular weight is 300 g/mol. The van der Waals surface area contributed by atoms with Crippen LogP contribution < -0.4 is 10.2 Å². The summed E-state index contributed by atoms with van der Waals surface area (Å²) in [6, 6.07) is 1.16. The molecule has 0 spiro atoms. The Hall–Kier alpha value is -1.18. The SMILES string of the molecule is O=c1cc[nH]cc1S(=O)(=O)NCC1(O)CCCCCC1. The van der Waals surface area contributed by atoms with Crippen LogP contribution in [0.3, 0.4) is 0 Å². The van der Waals surface area contributed by atoms with Crippen LogP contribution in [-0.4, -0.2) is 30.7 Å². The van der Waals surface area contributed by atoms with Gasteiger partial charge in [0.15, 0.2) is 0 Å². The van der Waals surface area contributed by atoms with E-state index < -0.39 is 21.1 Å². The average Bonchev–Trinajstić information content (AvgIpc) is 2.63. The van der Waals surface area contributed by atoms with Gasteiger partial charge in [-0.1, -0.05) is 25.7 Å². The van der Waals surface area contributed by atoms with E-state index >= 15 is 0 Å². The molecular weight excluding hydrogens is 280 g/mol. The fraction of sp³-hybridized carbons (Fsp3) is 0.615. The molecule has 0 amide bonds. The summed E-state index contributed by atoms with van der Waals surface area (Å²) in [5, 5.41) is 10.4. The van der Waals surface area contributed by atoms with Crippen LogP contribution in [0.4, 0.5) is 0 Å². The van der Waals surface area contributed by atoms with Crippen molar-refractivity contribution >= 4 is 10.0 Å². The maximum Gasteiger partial charge on any atom is 0.246 e. The number of aliphatic hydroxyl groups is 1. The second kappa shape index (κ2) is 6.07. The smallest absolute Gasteiger partial charge is 0.246 e. The van der Waals surface area contributed by atoms with Gasteiger partial charge in [0.2, 0.25) is 15.5 Å². The van der Waals surface area contributed by atoms with Crippen LogP contribution in [0.25, 0.3) is 0 Å². The van der Waals surface area contributed by atoms with E-state index in [-0.39, 0.29) is 11.4 Å². The van der Waals surface area contributed by atoms with E-state index in [0.717, 1.165) is 37.9 Å². The zero-order chi connectivity index (χ0) is 14.6. The highest BCUT2D eigenvalue weighted by atomic mass is 32.2. The summed E-state index contributed by atoms with van der Waals surface area (Å²) in [7, 11) is -3.89. The van der Waals surface area contributed by atoms with Crippen LogP contribution in [0.2, 0.25) is 0 Å². The zero-order valence-corrected chi connectivity index (χ0v) is 12.1. The van der Waals surface area contributed by atoms with Gasteiger partial charge in [0.05, 0.1) is 5.60 Å². The van der Waals surface area contributed by atoms with Gasteiger partial charge in [-0.2, -0.15) is 0 Å². The molecule has 0 atom stereocenters. The molecule has 20 heavy (non-hydrogen) atoms. The molecule has 7 heteroatoms. The molecule has 1 aliphatic rings. The molecule has 0 bridgehead atoms. The number of pyridine rings is 1. The lowest BCUT2D eigenvalue weighted by molar-refractivity contribution is 0.0303. The molecule has 1 fully saturated rings. The number of hydrogen-bond acceptors (Lipinski definition) is 4. The number of hydrogen-bond donors (Lipinski definition) is 3. The minimum absolute atomic E-state index is 0.0519. The number of rotatable bonds is 4. The molecule has 1 aliphatic carbocycles. The highest BCUT2D eigenvalue weighted by Crippen LogP contribution is 2.26. The Morgan fingerprint density at radius 3 is 2.50 bits per heavy atom. The monoisotopic (exact) mass is 300 g/mol. The quantitative estimate of drug-likeness (QED) is 0.714. The number of H-pyrrole nitrogens is 1. The van der Waals surface area contributed by atoms with Gasteiger partial charge in [-0.25, -0.2) is 13.1 Å². The standard InChI is InChI=1S/C13H20N2O4S/c16-11-5-8-14-9-12(11)20(18,19)15-10-13(17)6-3-1-2-4-7-13/h5,8-9,15,17H,1-4,6-7,10H2,(H,14,16). The van der Waals surface area contributed by atoms with Crippen molar-refractivity contribution in [3.05, 3.63) is 28.7 Å². The van der Waals surface area contributed by atoms with Crippen LogP contribution in [0.5, 0.6) is 0 Å². The Morgan fingerprint density at radius 1 is 1.25 bits per heavy atom. The Balaban J connectivity index is 2.09. The van der Waals surface area contributed by atoms with E-state index in [2.05, 4.69) is 9.71 Å². The number of sulfonamides is 1. The first-order valence-electron chi connectivity index (χ1n) is 6.82. The van der Waals surface area contributed by atoms with Gasteiger partial charge >= 0.3 is 0 Å². The third-order valence-corrected chi connectivity index (χ3v) is 5.13. The van der Waals surface area contributed by atoms with Gasteiger partial charge < -0.3 is 10.1 Å². The van der Waals surface area contributed by atoms with Crippen molar-refractivity contribution in [2.75, 3.05) is 6.54 Å². The lowest BCUT2D eigenvalue weighted by Gasteiger charge is -2.26. The molecule has 0 aromatic carbocycles. The van der Waals surface area contributed by atoms with Gasteiger partial charge in [0.25, 0.3) is 0 Å². The summed E-state index contributed by atoms with van der Waals surface area (Å²) in [6.45, 7) is -0.0519. The van der Waals surface area contributed by atoms with Crippen LogP contribution in [0, 0.1) is 0 Å². The summed E-state index contributed by atoms with van der Waals surface area (Å²) in [4.78, 5) is 13.8. The second-order valence-corrected chi connectivity index (χ2v) is 7.07. The summed E-state index contributed by atoms with van der Waals surface area (Å²) in [5.74, 6) is 0. The first kappa shape index (κ1) is 15.2. The molecule has 2 rings (SSSR count). The van der Waals surface area contributed by atoms with E-state index in [1.54, 1.807) is 0 Å². The molecule has 112 valence electrons. The predicted molar refractivity (Wildman–Crippen MR) is 74.9 cm³/mol. The molecular formula is C13H20N2O4S. The predicted octanol–water partition coefficient (Wildman–Crippen LogP) is 0.738. The van der Waals surface area contributed by atoms with E-state index in [4.69, 9.17) is 0 Å². The second-order valence-electron chi connectivity index (χ2n) is 5.34. The molecule has 1 heterocycles. The third-order valence-electron chi connectivity index (χ3n) is 3.70. The van der Waals surface area contributed by atoms with E-state index in [1.165, 1.54) is 6.20 Å². The molecule has 1 aromatic rings. The van der Waals surface area contributed by atoms with Crippen molar-refractivity contribution in [1.82, 2.24) is 9.71 Å². The van der Waals surface area contributed by atoms with E-state index in [1.807, 2.05) is 0 Å².